The Labute approximate surface area is 384 Å². The van der Waals surface area contributed by atoms with Crippen molar-refractivity contribution in [2.75, 3.05) is 89.2 Å². The first-order chi connectivity index (χ1) is 32.1. The molecule has 4 N–H and O–H groups in total. The van der Waals surface area contributed by atoms with Gasteiger partial charge in [-0.1, -0.05) is 24.3 Å². The molecule has 0 saturated carbocycles. The standard InChI is InChI=1S/C31H45N7O5.C17H13N5O/c1-24-6-7-25(22-26(24)30(42)38(23-39)27-8-9-28(40)32-29(27)41)35-18-14-33(15-19-35)10-5-11-34-16-20-37(21-17-34)31(43)36-12-3-2-4-13-36;18-16-14-15(21-22-17(14)20-10-19-16)11-6-8-13(9-7-11)23-12-4-2-1-3-5-12/h6-7,22-23,27H,2-5,8-21H2,1H3,(H,32,40,41);1-10H,(H3,18,19,20,21,22). The zero-order valence-electron chi connectivity index (χ0n) is 37.4. The number of aromatic nitrogens is 4. The number of piperazine rings is 2. The molecule has 3 aromatic carbocycles. The number of para-hydroxylation sites is 1. The van der Waals surface area contributed by atoms with Gasteiger partial charge >= 0.3 is 6.03 Å². The van der Waals surface area contributed by atoms with Gasteiger partial charge in [-0.3, -0.25) is 44.3 Å². The summed E-state index contributed by atoms with van der Waals surface area (Å²) in [5.41, 5.74) is 10.2. The van der Waals surface area contributed by atoms with Gasteiger partial charge in [-0.15, -0.1) is 0 Å². The number of ether oxygens (including phenoxy) is 1. The van der Waals surface area contributed by atoms with E-state index in [9.17, 15) is 24.0 Å². The topological polar surface area (TPSA) is 207 Å². The minimum Gasteiger partial charge on any atom is -0.457 e. The zero-order chi connectivity index (χ0) is 46.0. The van der Waals surface area contributed by atoms with Crippen molar-refractivity contribution < 1.29 is 28.7 Å². The molecular formula is C48H58N12O6. The second kappa shape index (κ2) is 21.4. The predicted octanol–water partition coefficient (Wildman–Crippen LogP) is 4.53. The number of benzene rings is 3. The number of urea groups is 1. The molecule has 4 aliphatic heterocycles. The number of anilines is 2. The van der Waals surface area contributed by atoms with Crippen molar-refractivity contribution in [3.63, 3.8) is 0 Å². The Kier molecular flexibility index (Phi) is 14.8. The number of H-pyrrole nitrogens is 1. The molecule has 0 bridgehead atoms. The summed E-state index contributed by atoms with van der Waals surface area (Å²) in [7, 11) is 0. The highest BCUT2D eigenvalue weighted by Gasteiger charge is 2.35. The van der Waals surface area contributed by atoms with E-state index in [-0.39, 0.29) is 18.9 Å². The Hall–Kier alpha value is -6.92. The number of likely N-dealkylation sites (tertiary alicyclic amines) is 1. The van der Waals surface area contributed by atoms with Gasteiger partial charge in [-0.05, 0) is 106 Å². The molecule has 5 aromatic rings. The number of nitrogens with one attached hydrogen (secondary N) is 2. The maximum absolute atomic E-state index is 13.4. The number of rotatable bonds is 11. The number of fused-ring (bicyclic) bond motifs is 1. The average molecular weight is 899 g/mol. The van der Waals surface area contributed by atoms with E-state index in [1.165, 1.54) is 12.7 Å². The summed E-state index contributed by atoms with van der Waals surface area (Å²) >= 11 is 0. The Morgan fingerprint density at radius 3 is 2.17 bits per heavy atom. The van der Waals surface area contributed by atoms with Crippen molar-refractivity contribution in [2.24, 2.45) is 0 Å². The molecule has 4 aliphatic rings. The smallest absolute Gasteiger partial charge is 0.320 e. The summed E-state index contributed by atoms with van der Waals surface area (Å²) in [6.45, 7) is 12.7. The Morgan fingerprint density at radius 2 is 1.48 bits per heavy atom. The SMILES string of the molecule is Cc1ccc(N2CCN(CCCN3CCN(C(=O)N4CCCCC4)CC3)CC2)cc1C(=O)N(C=O)C1CCC(=O)NC1=O.Nc1ncnc2n[nH]c(-c3ccc(Oc4ccccc4)cc3)c12. The molecule has 0 radical (unpaired) electrons. The van der Waals surface area contributed by atoms with Crippen LogP contribution in [0, 0.1) is 6.92 Å². The molecule has 18 heteroatoms. The first-order valence-electron chi connectivity index (χ1n) is 22.9. The number of aryl methyl sites for hydroxylation is 1. The Morgan fingerprint density at radius 1 is 0.818 bits per heavy atom. The molecular weight excluding hydrogens is 841 g/mol. The molecule has 66 heavy (non-hydrogen) atoms. The lowest BCUT2D eigenvalue weighted by atomic mass is 10.0. The molecule has 2 aromatic heterocycles. The fraction of sp³-hybridized carbons (Fsp3) is 0.417. The van der Waals surface area contributed by atoms with Gasteiger partial charge in [-0.2, -0.15) is 5.10 Å². The molecule has 4 saturated heterocycles. The number of hydrogen-bond donors (Lipinski definition) is 3. The molecule has 346 valence electrons. The number of amides is 6. The normalized spacial score (nSPS) is 18.3. The van der Waals surface area contributed by atoms with Crippen LogP contribution in [0.3, 0.4) is 0 Å². The number of piperidine rings is 2. The van der Waals surface area contributed by atoms with Gasteiger partial charge in [0.05, 0.1) is 11.1 Å². The van der Waals surface area contributed by atoms with E-state index in [2.05, 4.69) is 40.2 Å². The van der Waals surface area contributed by atoms with E-state index in [0.717, 1.165) is 142 Å². The summed E-state index contributed by atoms with van der Waals surface area (Å²) in [6.07, 6.45) is 6.58. The van der Waals surface area contributed by atoms with Crippen LogP contribution in [0.2, 0.25) is 0 Å². The maximum Gasteiger partial charge on any atom is 0.320 e. The van der Waals surface area contributed by atoms with Gasteiger partial charge in [0.2, 0.25) is 18.2 Å². The van der Waals surface area contributed by atoms with Gasteiger partial charge in [0, 0.05) is 88.7 Å². The van der Waals surface area contributed by atoms with E-state index in [0.29, 0.717) is 23.4 Å². The van der Waals surface area contributed by atoms with E-state index in [4.69, 9.17) is 10.5 Å². The molecule has 18 nitrogen and oxygen atoms in total. The molecule has 1 unspecified atom stereocenters. The lowest BCUT2D eigenvalue weighted by molar-refractivity contribution is -0.139. The van der Waals surface area contributed by atoms with Crippen LogP contribution in [-0.4, -0.2) is 159 Å². The molecule has 6 amide bonds. The van der Waals surface area contributed by atoms with Crippen molar-refractivity contribution in [1.29, 1.82) is 0 Å². The number of hydrogen-bond acceptors (Lipinski definition) is 13. The number of imide groups is 2. The molecule has 0 aliphatic carbocycles. The van der Waals surface area contributed by atoms with Crippen molar-refractivity contribution >= 4 is 52.7 Å². The minimum absolute atomic E-state index is 0.0911. The van der Waals surface area contributed by atoms with E-state index >= 15 is 0 Å². The summed E-state index contributed by atoms with van der Waals surface area (Å²) in [6, 6.07) is 22.2. The quantitative estimate of drug-likeness (QED) is 0.123. The number of aromatic amines is 1. The third-order valence-corrected chi connectivity index (χ3v) is 12.8. The first-order valence-corrected chi connectivity index (χ1v) is 22.9. The van der Waals surface area contributed by atoms with Crippen LogP contribution in [0.4, 0.5) is 16.3 Å². The number of nitrogen functional groups attached to an aromatic ring is 1. The number of carbonyl (C=O) groups excluding carboxylic acids is 5. The third kappa shape index (κ3) is 10.9. The summed E-state index contributed by atoms with van der Waals surface area (Å²) in [4.78, 5) is 82.1. The molecule has 4 fully saturated rings. The van der Waals surface area contributed by atoms with Crippen LogP contribution in [0.1, 0.15) is 54.4 Å². The number of nitrogens with zero attached hydrogens (tertiary/aromatic N) is 9. The first kappa shape index (κ1) is 45.6. The van der Waals surface area contributed by atoms with Crippen LogP contribution >= 0.6 is 0 Å². The lowest BCUT2D eigenvalue weighted by Gasteiger charge is -2.39. The molecule has 9 rings (SSSR count). The van der Waals surface area contributed by atoms with E-state index < -0.39 is 23.8 Å². The van der Waals surface area contributed by atoms with E-state index in [1.54, 1.807) is 0 Å². The van der Waals surface area contributed by atoms with Gasteiger partial charge in [0.25, 0.3) is 5.91 Å². The van der Waals surface area contributed by atoms with E-state index in [1.807, 2.05) is 89.5 Å². The maximum atomic E-state index is 13.4. The highest BCUT2D eigenvalue weighted by molar-refractivity contribution is 6.08. The largest absolute Gasteiger partial charge is 0.457 e. The monoisotopic (exact) mass is 898 g/mol. The van der Waals surface area contributed by atoms with Crippen LogP contribution in [0.15, 0.2) is 79.1 Å². The Bertz CT molecular complexity index is 2480. The molecule has 1 atom stereocenters. The van der Waals surface area contributed by atoms with Gasteiger partial charge in [-0.25, -0.2) is 14.8 Å². The molecule has 0 spiro atoms. The zero-order valence-corrected chi connectivity index (χ0v) is 37.4. The van der Waals surface area contributed by atoms with Crippen LogP contribution < -0.4 is 20.7 Å². The number of carbonyl (C=O) groups is 5. The van der Waals surface area contributed by atoms with Crippen molar-refractivity contribution in [3.05, 3.63) is 90.3 Å². The average Bonchev–Trinajstić information content (AvgIpc) is 3.79. The summed E-state index contributed by atoms with van der Waals surface area (Å²) in [5, 5.41) is 10.1. The number of nitrogens with two attached hydrogens (primary N) is 1. The summed E-state index contributed by atoms with van der Waals surface area (Å²) < 4.78 is 5.79. The third-order valence-electron chi connectivity index (χ3n) is 12.8. The molecule has 6 heterocycles. The van der Waals surface area contributed by atoms with Crippen LogP contribution in [0.25, 0.3) is 22.3 Å². The summed E-state index contributed by atoms with van der Waals surface area (Å²) in [5.74, 6) is 0.420. The predicted molar refractivity (Wildman–Crippen MR) is 250 cm³/mol. The Balaban J connectivity index is 0.000000215. The second-order valence-electron chi connectivity index (χ2n) is 17.1. The van der Waals surface area contributed by atoms with Crippen molar-refractivity contribution in [1.82, 2.24) is 50.0 Å². The van der Waals surface area contributed by atoms with Crippen molar-refractivity contribution in [3.8, 4) is 22.8 Å². The lowest BCUT2D eigenvalue weighted by Crippen LogP contribution is -2.54. The van der Waals surface area contributed by atoms with Crippen LogP contribution in [-0.2, 0) is 14.4 Å². The highest BCUT2D eigenvalue weighted by Crippen LogP contribution is 2.31. The van der Waals surface area contributed by atoms with Gasteiger partial charge in [0.15, 0.2) is 5.65 Å². The van der Waals surface area contributed by atoms with Crippen molar-refractivity contribution in [2.45, 2.75) is 51.5 Å². The minimum atomic E-state index is -0.986. The van der Waals surface area contributed by atoms with Gasteiger partial charge < -0.3 is 25.2 Å². The van der Waals surface area contributed by atoms with Gasteiger partial charge in [0.1, 0.15) is 29.7 Å². The fourth-order valence-corrected chi connectivity index (χ4v) is 8.98. The van der Waals surface area contributed by atoms with Crippen LogP contribution in [0.5, 0.6) is 11.5 Å². The fourth-order valence-electron chi connectivity index (χ4n) is 8.98. The highest BCUT2D eigenvalue weighted by atomic mass is 16.5. The second-order valence-corrected chi connectivity index (χ2v) is 17.1.